The van der Waals surface area contributed by atoms with Crippen molar-refractivity contribution >= 4 is 10.4 Å². The Hall–Kier alpha value is -0.430. The SMILES string of the molecule is C[C@]12CC[C@H]3[C@@H](CC=C4CC(OS(=O)(=O)O)CC[C@@]43C)[C@@H]1CC[C@@H]2O. The average Bonchev–Trinajstić information content (AvgIpc) is 2.82. The smallest absolute Gasteiger partial charge is 0.393 e. The molecule has 4 aliphatic rings. The van der Waals surface area contributed by atoms with Crippen LogP contribution in [0.5, 0.6) is 0 Å². The molecule has 4 rings (SSSR count). The number of hydrogen-bond donors (Lipinski definition) is 2. The van der Waals surface area contributed by atoms with Crippen LogP contribution in [0.15, 0.2) is 11.6 Å². The van der Waals surface area contributed by atoms with Crippen LogP contribution in [-0.2, 0) is 14.6 Å². The van der Waals surface area contributed by atoms with Crippen molar-refractivity contribution < 1.29 is 22.3 Å². The van der Waals surface area contributed by atoms with Gasteiger partial charge in [-0.25, -0.2) is 4.18 Å². The molecular weight excluding hydrogens is 340 g/mol. The Balaban J connectivity index is 1.58. The van der Waals surface area contributed by atoms with Gasteiger partial charge in [0.1, 0.15) is 0 Å². The third kappa shape index (κ3) is 2.80. The Bertz CT molecular complexity index is 686. The summed E-state index contributed by atoms with van der Waals surface area (Å²) >= 11 is 0. The van der Waals surface area contributed by atoms with Crippen molar-refractivity contribution in [1.29, 1.82) is 0 Å². The van der Waals surface area contributed by atoms with Crippen molar-refractivity contribution in [2.75, 3.05) is 0 Å². The predicted octanol–water partition coefficient (Wildman–Crippen LogP) is 3.50. The van der Waals surface area contributed by atoms with E-state index in [4.69, 9.17) is 8.74 Å². The molecule has 25 heavy (non-hydrogen) atoms. The highest BCUT2D eigenvalue weighted by molar-refractivity contribution is 7.80. The molecule has 142 valence electrons. The Labute approximate surface area is 150 Å². The number of aliphatic hydroxyl groups is 1. The molecule has 7 atom stereocenters. The zero-order valence-corrected chi connectivity index (χ0v) is 16.0. The molecular formula is C19H30O5S. The van der Waals surface area contributed by atoms with Gasteiger partial charge in [-0.2, -0.15) is 8.42 Å². The first-order chi connectivity index (χ1) is 11.6. The lowest BCUT2D eigenvalue weighted by atomic mass is 9.48. The highest BCUT2D eigenvalue weighted by Gasteiger charge is 2.58. The summed E-state index contributed by atoms with van der Waals surface area (Å²) in [4.78, 5) is 0. The second-order valence-corrected chi connectivity index (χ2v) is 10.3. The molecule has 4 aliphatic carbocycles. The summed E-state index contributed by atoms with van der Waals surface area (Å²) in [6.07, 6.45) is 9.23. The van der Waals surface area contributed by atoms with Crippen LogP contribution in [0, 0.1) is 28.6 Å². The van der Waals surface area contributed by atoms with Gasteiger partial charge < -0.3 is 5.11 Å². The topological polar surface area (TPSA) is 83.8 Å². The van der Waals surface area contributed by atoms with Crippen LogP contribution in [0.3, 0.4) is 0 Å². The van der Waals surface area contributed by atoms with Crippen molar-refractivity contribution in [1.82, 2.24) is 0 Å². The predicted molar refractivity (Wildman–Crippen MR) is 94.1 cm³/mol. The second-order valence-electron chi connectivity index (χ2n) is 9.29. The monoisotopic (exact) mass is 370 g/mol. The molecule has 6 heteroatoms. The highest BCUT2D eigenvalue weighted by Crippen LogP contribution is 2.64. The molecule has 0 aliphatic heterocycles. The number of hydrogen-bond acceptors (Lipinski definition) is 4. The first-order valence-electron chi connectivity index (χ1n) is 9.67. The van der Waals surface area contributed by atoms with Crippen LogP contribution in [0.25, 0.3) is 0 Å². The van der Waals surface area contributed by atoms with Gasteiger partial charge in [-0.15, -0.1) is 0 Å². The van der Waals surface area contributed by atoms with E-state index >= 15 is 0 Å². The van der Waals surface area contributed by atoms with Crippen LogP contribution in [0.2, 0.25) is 0 Å². The fraction of sp³-hybridized carbons (Fsp3) is 0.895. The summed E-state index contributed by atoms with van der Waals surface area (Å²) in [6.45, 7) is 4.62. The van der Waals surface area contributed by atoms with Crippen LogP contribution < -0.4 is 0 Å². The molecule has 0 spiro atoms. The van der Waals surface area contributed by atoms with Crippen molar-refractivity contribution in [3.8, 4) is 0 Å². The van der Waals surface area contributed by atoms with Gasteiger partial charge in [0.25, 0.3) is 0 Å². The molecule has 0 radical (unpaired) electrons. The lowest BCUT2D eigenvalue weighted by Gasteiger charge is -2.57. The molecule has 0 saturated heterocycles. The van der Waals surface area contributed by atoms with Gasteiger partial charge in [0.2, 0.25) is 0 Å². The minimum absolute atomic E-state index is 0.0775. The zero-order chi connectivity index (χ0) is 18.0. The van der Waals surface area contributed by atoms with Crippen LogP contribution in [-0.4, -0.2) is 30.3 Å². The van der Waals surface area contributed by atoms with Gasteiger partial charge >= 0.3 is 10.4 Å². The van der Waals surface area contributed by atoms with Gasteiger partial charge in [0, 0.05) is 0 Å². The van der Waals surface area contributed by atoms with Gasteiger partial charge in [0.15, 0.2) is 0 Å². The molecule has 0 bridgehead atoms. The molecule has 2 N–H and O–H groups in total. The fourth-order valence-corrected chi connectivity index (χ4v) is 7.36. The summed E-state index contributed by atoms with van der Waals surface area (Å²) in [5.74, 6) is 1.84. The summed E-state index contributed by atoms with van der Waals surface area (Å²) in [5, 5.41) is 10.5. The number of allylic oxidation sites excluding steroid dienone is 1. The maximum absolute atomic E-state index is 11.0. The van der Waals surface area contributed by atoms with E-state index in [1.54, 1.807) is 0 Å². The first-order valence-corrected chi connectivity index (χ1v) is 11.0. The molecule has 3 saturated carbocycles. The van der Waals surface area contributed by atoms with E-state index in [0.29, 0.717) is 30.6 Å². The fourth-order valence-electron chi connectivity index (χ4n) is 6.85. The first kappa shape index (κ1) is 18.0. The van der Waals surface area contributed by atoms with Crippen LogP contribution in [0.4, 0.5) is 0 Å². The average molecular weight is 371 g/mol. The molecule has 3 fully saturated rings. The quantitative estimate of drug-likeness (QED) is 0.574. The molecule has 5 nitrogen and oxygen atoms in total. The maximum Gasteiger partial charge on any atom is 0.397 e. The van der Waals surface area contributed by atoms with Crippen molar-refractivity contribution in [3.05, 3.63) is 11.6 Å². The Morgan fingerprint density at radius 3 is 2.60 bits per heavy atom. The zero-order valence-electron chi connectivity index (χ0n) is 15.1. The largest absolute Gasteiger partial charge is 0.397 e. The van der Waals surface area contributed by atoms with Gasteiger partial charge in [-0.3, -0.25) is 4.55 Å². The second kappa shape index (κ2) is 5.78. The van der Waals surface area contributed by atoms with E-state index in [1.165, 1.54) is 5.57 Å². The van der Waals surface area contributed by atoms with Gasteiger partial charge in [0.05, 0.1) is 12.2 Å². The van der Waals surface area contributed by atoms with E-state index in [-0.39, 0.29) is 16.9 Å². The van der Waals surface area contributed by atoms with Crippen LogP contribution in [0.1, 0.15) is 65.2 Å². The molecule has 1 unspecified atom stereocenters. The third-order valence-corrected chi connectivity index (χ3v) is 8.78. The van der Waals surface area contributed by atoms with Crippen LogP contribution >= 0.6 is 0 Å². The summed E-state index contributed by atoms with van der Waals surface area (Å²) < 4.78 is 35.9. The lowest BCUT2D eigenvalue weighted by molar-refractivity contribution is -0.0703. The van der Waals surface area contributed by atoms with Gasteiger partial charge in [-0.1, -0.05) is 25.5 Å². The van der Waals surface area contributed by atoms with E-state index in [2.05, 4.69) is 19.9 Å². The molecule has 0 aromatic rings. The lowest BCUT2D eigenvalue weighted by Crippen LogP contribution is -2.51. The standard InChI is InChI=1S/C19H30O5S/c1-18-9-7-13(24-25(21,22)23)11-12(18)3-4-14-15-5-6-17(20)19(15,2)10-8-16(14)18/h3,13-17,20H,4-11H2,1-2H3,(H,21,22,23)/t13?,14-,15-,16-,17-,18-,19-/m0/s1. The van der Waals surface area contributed by atoms with E-state index in [9.17, 15) is 13.5 Å². The normalized spacial score (nSPS) is 49.8. The molecule has 0 aromatic carbocycles. The minimum atomic E-state index is -4.39. The van der Waals surface area contributed by atoms with E-state index in [1.807, 2.05) is 0 Å². The molecule has 0 aromatic heterocycles. The third-order valence-electron chi connectivity index (χ3n) is 8.27. The Morgan fingerprint density at radius 1 is 1.12 bits per heavy atom. The summed E-state index contributed by atoms with van der Waals surface area (Å²) in [7, 11) is -4.39. The summed E-state index contributed by atoms with van der Waals surface area (Å²) in [6, 6.07) is 0. The number of fused-ring (bicyclic) bond motifs is 5. The minimum Gasteiger partial charge on any atom is -0.393 e. The van der Waals surface area contributed by atoms with E-state index < -0.39 is 16.5 Å². The van der Waals surface area contributed by atoms with Gasteiger partial charge in [-0.05, 0) is 80.0 Å². The van der Waals surface area contributed by atoms with Crippen molar-refractivity contribution in [2.24, 2.45) is 28.6 Å². The van der Waals surface area contributed by atoms with Crippen molar-refractivity contribution in [2.45, 2.75) is 77.4 Å². The molecule has 0 amide bonds. The number of aliphatic hydroxyl groups excluding tert-OH is 1. The Kier molecular flexibility index (Phi) is 4.15. The van der Waals surface area contributed by atoms with Crippen molar-refractivity contribution in [3.63, 3.8) is 0 Å². The van der Waals surface area contributed by atoms with E-state index in [0.717, 1.165) is 38.5 Å². The molecule has 0 heterocycles. The highest BCUT2D eigenvalue weighted by atomic mass is 32.3. The maximum atomic E-state index is 11.0. The Morgan fingerprint density at radius 2 is 1.88 bits per heavy atom. The number of rotatable bonds is 2. The summed E-state index contributed by atoms with van der Waals surface area (Å²) in [5.41, 5.74) is 1.50.